The summed E-state index contributed by atoms with van der Waals surface area (Å²) in [7, 11) is 5.27. The van der Waals surface area contributed by atoms with E-state index >= 15 is 0 Å². The molecular formula is C19H22FN3O3. The van der Waals surface area contributed by atoms with Crippen molar-refractivity contribution in [1.29, 1.82) is 0 Å². The maximum absolute atomic E-state index is 13.3. The fraction of sp³-hybridized carbons (Fsp3) is 0.263. The molecule has 1 unspecified atom stereocenters. The number of hydrogen-bond donors (Lipinski definition) is 2. The summed E-state index contributed by atoms with van der Waals surface area (Å²) in [5.74, 6) is -1.97. The summed E-state index contributed by atoms with van der Waals surface area (Å²) < 4.78 is 18.6. The maximum Gasteiger partial charge on any atom is 0.313 e. The molecule has 0 fully saturated rings. The lowest BCUT2D eigenvalue weighted by Crippen LogP contribution is -2.38. The third kappa shape index (κ3) is 5.29. The average Bonchev–Trinajstić information content (AvgIpc) is 2.62. The third-order valence-corrected chi connectivity index (χ3v) is 3.80. The van der Waals surface area contributed by atoms with Gasteiger partial charge in [-0.25, -0.2) is 4.39 Å². The standard InChI is InChI=1S/C19H22FN3O3/c1-23(2)16-9-7-15(8-10-16)22-19(25)18(24)21-12-17(26-3)13-5-4-6-14(20)11-13/h4-11,17H,12H2,1-3H3,(H,21,24)(H,22,25). The predicted octanol–water partition coefficient (Wildman–Crippen LogP) is 2.33. The smallest absolute Gasteiger partial charge is 0.313 e. The lowest BCUT2D eigenvalue weighted by Gasteiger charge is -2.16. The molecule has 0 radical (unpaired) electrons. The number of nitrogens with zero attached hydrogens (tertiary/aromatic N) is 1. The second kappa shape index (κ2) is 8.96. The zero-order valence-electron chi connectivity index (χ0n) is 15.0. The molecule has 2 aromatic rings. The summed E-state index contributed by atoms with van der Waals surface area (Å²) >= 11 is 0. The summed E-state index contributed by atoms with van der Waals surface area (Å²) in [5.41, 5.74) is 2.07. The summed E-state index contributed by atoms with van der Waals surface area (Å²) in [6.07, 6.45) is -0.554. The van der Waals surface area contributed by atoms with Gasteiger partial charge in [0.15, 0.2) is 0 Å². The van der Waals surface area contributed by atoms with Crippen molar-refractivity contribution in [2.24, 2.45) is 0 Å². The third-order valence-electron chi connectivity index (χ3n) is 3.80. The Labute approximate surface area is 152 Å². The Hall–Kier alpha value is -2.93. The Morgan fingerprint density at radius 1 is 1.12 bits per heavy atom. The number of rotatable bonds is 6. The number of ether oxygens (including phenoxy) is 1. The van der Waals surface area contributed by atoms with Gasteiger partial charge in [-0.1, -0.05) is 12.1 Å². The van der Waals surface area contributed by atoms with E-state index in [0.717, 1.165) is 5.69 Å². The van der Waals surface area contributed by atoms with Crippen molar-refractivity contribution in [3.05, 3.63) is 59.9 Å². The van der Waals surface area contributed by atoms with Crippen LogP contribution in [0.1, 0.15) is 11.7 Å². The Morgan fingerprint density at radius 2 is 1.81 bits per heavy atom. The molecule has 7 heteroatoms. The van der Waals surface area contributed by atoms with Crippen LogP contribution in [0, 0.1) is 5.82 Å². The summed E-state index contributed by atoms with van der Waals surface area (Å²) in [4.78, 5) is 25.9. The van der Waals surface area contributed by atoms with Crippen molar-refractivity contribution in [3.8, 4) is 0 Å². The van der Waals surface area contributed by atoms with Crippen molar-refractivity contribution >= 4 is 23.2 Å². The number of carbonyl (C=O) groups is 2. The van der Waals surface area contributed by atoms with Crippen molar-refractivity contribution in [3.63, 3.8) is 0 Å². The van der Waals surface area contributed by atoms with Gasteiger partial charge in [0.2, 0.25) is 0 Å². The second-order valence-corrected chi connectivity index (χ2v) is 5.88. The molecule has 26 heavy (non-hydrogen) atoms. The number of hydrogen-bond acceptors (Lipinski definition) is 4. The minimum Gasteiger partial charge on any atom is -0.378 e. The largest absolute Gasteiger partial charge is 0.378 e. The lowest BCUT2D eigenvalue weighted by molar-refractivity contribution is -0.136. The van der Waals surface area contributed by atoms with E-state index in [2.05, 4.69) is 10.6 Å². The molecule has 0 aliphatic heterocycles. The Balaban J connectivity index is 1.90. The summed E-state index contributed by atoms with van der Waals surface area (Å²) in [6.45, 7) is 0.0474. The number of carbonyl (C=O) groups excluding carboxylic acids is 2. The van der Waals surface area contributed by atoms with Gasteiger partial charge in [0, 0.05) is 39.1 Å². The quantitative estimate of drug-likeness (QED) is 0.777. The normalized spacial score (nSPS) is 11.5. The van der Waals surface area contributed by atoms with Crippen molar-refractivity contribution in [2.45, 2.75) is 6.10 Å². The van der Waals surface area contributed by atoms with Gasteiger partial charge in [-0.15, -0.1) is 0 Å². The summed E-state index contributed by atoms with van der Waals surface area (Å²) in [6, 6.07) is 13.0. The van der Waals surface area contributed by atoms with Crippen molar-refractivity contribution < 1.29 is 18.7 Å². The van der Waals surface area contributed by atoms with Gasteiger partial charge in [-0.05, 0) is 42.0 Å². The van der Waals surface area contributed by atoms with Gasteiger partial charge in [-0.3, -0.25) is 9.59 Å². The molecule has 0 aromatic heterocycles. The molecule has 0 bridgehead atoms. The highest BCUT2D eigenvalue weighted by Gasteiger charge is 2.17. The number of benzene rings is 2. The van der Waals surface area contributed by atoms with E-state index in [4.69, 9.17) is 4.74 Å². The Bertz CT molecular complexity index is 763. The van der Waals surface area contributed by atoms with Crippen LogP contribution < -0.4 is 15.5 Å². The molecule has 2 amide bonds. The fourth-order valence-electron chi connectivity index (χ4n) is 2.34. The topological polar surface area (TPSA) is 70.7 Å². The fourth-order valence-corrected chi connectivity index (χ4v) is 2.34. The van der Waals surface area contributed by atoms with Crippen LogP contribution in [-0.4, -0.2) is 39.6 Å². The SMILES string of the molecule is COC(CNC(=O)C(=O)Nc1ccc(N(C)C)cc1)c1cccc(F)c1. The molecule has 2 aromatic carbocycles. The van der Waals surface area contributed by atoms with Gasteiger partial charge in [-0.2, -0.15) is 0 Å². The molecule has 1 atom stereocenters. The molecule has 2 rings (SSSR count). The second-order valence-electron chi connectivity index (χ2n) is 5.88. The first-order chi connectivity index (χ1) is 12.4. The molecule has 0 heterocycles. The van der Waals surface area contributed by atoms with Gasteiger partial charge in [0.25, 0.3) is 0 Å². The number of nitrogens with one attached hydrogen (secondary N) is 2. The van der Waals surface area contributed by atoms with Gasteiger partial charge in [0.05, 0.1) is 6.10 Å². The van der Waals surface area contributed by atoms with Crippen LogP contribution in [0.5, 0.6) is 0 Å². The monoisotopic (exact) mass is 359 g/mol. The van der Waals surface area contributed by atoms with Crippen LogP contribution in [0.15, 0.2) is 48.5 Å². The van der Waals surface area contributed by atoms with E-state index in [1.807, 2.05) is 31.1 Å². The van der Waals surface area contributed by atoms with Crippen LogP contribution in [0.3, 0.4) is 0 Å². The number of amides is 2. The first kappa shape index (κ1) is 19.4. The van der Waals surface area contributed by atoms with Crippen molar-refractivity contribution in [1.82, 2.24) is 5.32 Å². The highest BCUT2D eigenvalue weighted by molar-refractivity contribution is 6.39. The van der Waals surface area contributed by atoms with E-state index in [1.165, 1.54) is 19.2 Å². The summed E-state index contributed by atoms with van der Waals surface area (Å²) in [5, 5.41) is 5.02. The minimum absolute atomic E-state index is 0.0474. The van der Waals surface area contributed by atoms with E-state index in [9.17, 15) is 14.0 Å². The number of halogens is 1. The van der Waals surface area contributed by atoms with E-state index in [0.29, 0.717) is 11.3 Å². The minimum atomic E-state index is -0.792. The van der Waals surface area contributed by atoms with Gasteiger partial charge >= 0.3 is 11.8 Å². The zero-order chi connectivity index (χ0) is 19.1. The van der Waals surface area contributed by atoms with E-state index in [1.54, 1.807) is 24.3 Å². The van der Waals surface area contributed by atoms with Gasteiger partial charge in [0.1, 0.15) is 5.82 Å². The molecule has 6 nitrogen and oxygen atoms in total. The maximum atomic E-state index is 13.3. The predicted molar refractivity (Wildman–Crippen MR) is 98.6 cm³/mol. The Morgan fingerprint density at radius 3 is 2.38 bits per heavy atom. The first-order valence-corrected chi connectivity index (χ1v) is 8.05. The molecule has 0 spiro atoms. The molecule has 0 saturated heterocycles. The molecule has 138 valence electrons. The zero-order valence-corrected chi connectivity index (χ0v) is 15.0. The number of methoxy groups -OCH3 is 1. The average molecular weight is 359 g/mol. The van der Waals surface area contributed by atoms with Crippen LogP contribution in [0.2, 0.25) is 0 Å². The van der Waals surface area contributed by atoms with Crippen LogP contribution in [0.25, 0.3) is 0 Å². The molecular weight excluding hydrogens is 337 g/mol. The van der Waals surface area contributed by atoms with Gasteiger partial charge < -0.3 is 20.3 Å². The molecule has 0 aliphatic carbocycles. The van der Waals surface area contributed by atoms with Crippen LogP contribution in [-0.2, 0) is 14.3 Å². The van der Waals surface area contributed by atoms with Crippen molar-refractivity contribution in [2.75, 3.05) is 38.0 Å². The van der Waals surface area contributed by atoms with E-state index in [-0.39, 0.29) is 6.54 Å². The van der Waals surface area contributed by atoms with Crippen LogP contribution >= 0.6 is 0 Å². The highest BCUT2D eigenvalue weighted by atomic mass is 19.1. The first-order valence-electron chi connectivity index (χ1n) is 8.05. The highest BCUT2D eigenvalue weighted by Crippen LogP contribution is 2.17. The van der Waals surface area contributed by atoms with Crippen LogP contribution in [0.4, 0.5) is 15.8 Å². The number of anilines is 2. The molecule has 0 saturated carbocycles. The Kier molecular flexibility index (Phi) is 6.68. The molecule has 0 aliphatic rings. The van der Waals surface area contributed by atoms with E-state index < -0.39 is 23.7 Å². The molecule has 2 N–H and O–H groups in total. The lowest BCUT2D eigenvalue weighted by atomic mass is 10.1.